The molecule has 28 heavy (non-hydrogen) atoms. The zero-order valence-electron chi connectivity index (χ0n) is 15.8. The summed E-state index contributed by atoms with van der Waals surface area (Å²) in [5.74, 6) is 0.311. The van der Waals surface area contributed by atoms with Gasteiger partial charge in [0.2, 0.25) is 5.91 Å². The Morgan fingerprint density at radius 3 is 2.50 bits per heavy atom. The van der Waals surface area contributed by atoms with Crippen molar-refractivity contribution in [3.8, 4) is 0 Å². The highest BCUT2D eigenvalue weighted by atomic mass is 16.2. The highest BCUT2D eigenvalue weighted by Gasteiger charge is 2.38. The second kappa shape index (κ2) is 6.06. The minimum absolute atomic E-state index is 0.187. The molecule has 1 amide bonds. The van der Waals surface area contributed by atoms with Gasteiger partial charge in [-0.3, -0.25) is 4.79 Å². The molecule has 142 valence electrons. The Morgan fingerprint density at radius 2 is 1.68 bits per heavy atom. The molecule has 6 nitrogen and oxygen atoms in total. The van der Waals surface area contributed by atoms with Crippen LogP contribution in [0.25, 0.3) is 11.0 Å². The number of rotatable bonds is 2. The number of benzene rings is 2. The Hall–Kier alpha value is -2.89. The van der Waals surface area contributed by atoms with Crippen molar-refractivity contribution in [1.29, 1.82) is 0 Å². The number of hydrogen-bond donors (Lipinski definition) is 0. The Morgan fingerprint density at radius 1 is 0.893 bits per heavy atom. The Balaban J connectivity index is 1.48. The monoisotopic (exact) mass is 373 g/mol. The minimum Gasteiger partial charge on any atom is -0.371 e. The van der Waals surface area contributed by atoms with Crippen LogP contribution in [0.5, 0.6) is 0 Å². The average molecular weight is 373 g/mol. The maximum atomic E-state index is 12.4. The molecule has 0 saturated carbocycles. The van der Waals surface area contributed by atoms with E-state index in [0.29, 0.717) is 12.3 Å². The average Bonchev–Trinajstić information content (AvgIpc) is 3.35. The summed E-state index contributed by atoms with van der Waals surface area (Å²) in [5, 5.41) is 8.89. The Kier molecular flexibility index (Phi) is 3.48. The molecular weight excluding hydrogens is 350 g/mol. The number of hydrogen-bond acceptors (Lipinski definition) is 4. The molecular formula is C22H23N5O. The van der Waals surface area contributed by atoms with Crippen molar-refractivity contribution in [2.45, 2.75) is 37.8 Å². The summed E-state index contributed by atoms with van der Waals surface area (Å²) in [7, 11) is 0. The molecule has 1 fully saturated rings. The van der Waals surface area contributed by atoms with E-state index in [1.54, 1.807) is 0 Å². The van der Waals surface area contributed by atoms with Gasteiger partial charge in [0, 0.05) is 37.3 Å². The number of anilines is 1. The predicted molar refractivity (Wildman–Crippen MR) is 107 cm³/mol. The first-order valence-electron chi connectivity index (χ1n) is 10.3. The van der Waals surface area contributed by atoms with Gasteiger partial charge >= 0.3 is 0 Å². The molecule has 0 bridgehead atoms. The first-order valence-corrected chi connectivity index (χ1v) is 10.3. The molecule has 1 saturated heterocycles. The molecule has 6 rings (SSSR count). The third kappa shape index (κ3) is 2.23. The molecule has 0 N–H and O–H groups in total. The van der Waals surface area contributed by atoms with E-state index in [1.165, 1.54) is 16.8 Å². The van der Waals surface area contributed by atoms with Crippen LogP contribution in [0.15, 0.2) is 42.5 Å². The quantitative estimate of drug-likeness (QED) is 0.692. The molecule has 3 aliphatic heterocycles. The molecule has 6 heteroatoms. The van der Waals surface area contributed by atoms with Crippen molar-refractivity contribution in [3.63, 3.8) is 0 Å². The van der Waals surface area contributed by atoms with E-state index < -0.39 is 0 Å². The van der Waals surface area contributed by atoms with E-state index in [4.69, 9.17) is 0 Å². The molecule has 0 aliphatic carbocycles. The second-order valence-electron chi connectivity index (χ2n) is 8.09. The van der Waals surface area contributed by atoms with E-state index in [1.807, 2.05) is 18.2 Å². The molecule has 0 spiro atoms. The number of carbonyl (C=O) groups is 1. The highest BCUT2D eigenvalue weighted by Crippen LogP contribution is 2.46. The highest BCUT2D eigenvalue weighted by molar-refractivity contribution is 5.80. The van der Waals surface area contributed by atoms with Crippen LogP contribution in [0.2, 0.25) is 0 Å². The normalized spacial score (nSPS) is 24.1. The summed E-state index contributed by atoms with van der Waals surface area (Å²) in [4.78, 5) is 17.0. The molecule has 0 radical (unpaired) electrons. The van der Waals surface area contributed by atoms with E-state index in [0.717, 1.165) is 49.9 Å². The third-order valence-electron chi connectivity index (χ3n) is 6.64. The third-order valence-corrected chi connectivity index (χ3v) is 6.64. The van der Waals surface area contributed by atoms with Crippen LogP contribution in [0.4, 0.5) is 5.69 Å². The Bertz CT molecular complexity index is 1070. The van der Waals surface area contributed by atoms with Crippen LogP contribution in [-0.2, 0) is 4.79 Å². The minimum atomic E-state index is 0.187. The number of aromatic nitrogens is 3. The van der Waals surface area contributed by atoms with Gasteiger partial charge in [0.25, 0.3) is 0 Å². The maximum Gasteiger partial charge on any atom is 0.223 e. The van der Waals surface area contributed by atoms with Gasteiger partial charge in [-0.25, -0.2) is 4.68 Å². The van der Waals surface area contributed by atoms with E-state index in [-0.39, 0.29) is 12.1 Å². The lowest BCUT2D eigenvalue weighted by atomic mass is 9.86. The van der Waals surface area contributed by atoms with Gasteiger partial charge in [-0.05, 0) is 37.0 Å². The van der Waals surface area contributed by atoms with Gasteiger partial charge in [0.15, 0.2) is 0 Å². The molecule has 3 aliphatic rings. The fourth-order valence-corrected chi connectivity index (χ4v) is 5.38. The van der Waals surface area contributed by atoms with Crippen molar-refractivity contribution in [2.75, 3.05) is 24.5 Å². The smallest absolute Gasteiger partial charge is 0.223 e. The van der Waals surface area contributed by atoms with Gasteiger partial charge in [-0.2, -0.15) is 0 Å². The van der Waals surface area contributed by atoms with Gasteiger partial charge in [0.05, 0.1) is 17.6 Å². The SMILES string of the molecule is O=C1CCCN1[C@@H]1CCN2CC[C@@H](n3nnc4ccccc43)c3cccc1c32. The fraction of sp³-hybridized carbons (Fsp3) is 0.409. The van der Waals surface area contributed by atoms with Gasteiger partial charge in [-0.15, -0.1) is 5.10 Å². The summed E-state index contributed by atoms with van der Waals surface area (Å²) >= 11 is 0. The van der Waals surface area contributed by atoms with E-state index >= 15 is 0 Å². The summed E-state index contributed by atoms with van der Waals surface area (Å²) in [6, 6.07) is 15.2. The topological polar surface area (TPSA) is 54.3 Å². The van der Waals surface area contributed by atoms with Crippen LogP contribution < -0.4 is 4.90 Å². The van der Waals surface area contributed by atoms with Crippen LogP contribution in [0.3, 0.4) is 0 Å². The van der Waals surface area contributed by atoms with Crippen molar-refractivity contribution in [2.24, 2.45) is 0 Å². The summed E-state index contributed by atoms with van der Waals surface area (Å²) in [6.07, 6.45) is 3.74. The molecule has 3 aromatic rings. The van der Waals surface area contributed by atoms with Crippen molar-refractivity contribution in [1.82, 2.24) is 19.9 Å². The number of amides is 1. The van der Waals surface area contributed by atoms with Crippen molar-refractivity contribution in [3.05, 3.63) is 53.6 Å². The first-order chi connectivity index (χ1) is 13.8. The zero-order chi connectivity index (χ0) is 18.7. The predicted octanol–water partition coefficient (Wildman–Crippen LogP) is 3.30. The lowest BCUT2D eigenvalue weighted by molar-refractivity contribution is -0.130. The van der Waals surface area contributed by atoms with E-state index in [2.05, 4.69) is 49.1 Å². The fourth-order valence-electron chi connectivity index (χ4n) is 5.38. The summed E-state index contributed by atoms with van der Waals surface area (Å²) in [5.41, 5.74) is 5.98. The standard InChI is InChI=1S/C22H23N5O/c28-21-9-4-12-26(21)18-10-13-25-14-11-19(16-6-3-5-15(18)22(16)25)27-20-8-2-1-7-17(20)23-24-27/h1-3,5-8,18-19H,4,9-14H2/t18-,19-/m1/s1. The van der Waals surface area contributed by atoms with Crippen molar-refractivity contribution < 1.29 is 4.79 Å². The molecule has 2 aromatic carbocycles. The largest absolute Gasteiger partial charge is 0.371 e. The van der Waals surface area contributed by atoms with Gasteiger partial charge in [0.1, 0.15) is 5.52 Å². The molecule has 1 aromatic heterocycles. The van der Waals surface area contributed by atoms with Crippen LogP contribution in [-0.4, -0.2) is 45.4 Å². The Labute approximate surface area is 163 Å². The molecule has 2 atom stereocenters. The van der Waals surface area contributed by atoms with Crippen LogP contribution in [0.1, 0.15) is 48.9 Å². The van der Waals surface area contributed by atoms with Crippen molar-refractivity contribution >= 4 is 22.6 Å². The second-order valence-corrected chi connectivity index (χ2v) is 8.09. The van der Waals surface area contributed by atoms with Crippen LogP contribution in [0, 0.1) is 0 Å². The number of nitrogens with zero attached hydrogens (tertiary/aromatic N) is 5. The summed E-state index contributed by atoms with van der Waals surface area (Å²) in [6.45, 7) is 2.93. The number of carbonyl (C=O) groups excluding carboxylic acids is 1. The lowest BCUT2D eigenvalue weighted by Crippen LogP contribution is -2.42. The van der Waals surface area contributed by atoms with Gasteiger partial charge < -0.3 is 9.80 Å². The zero-order valence-corrected chi connectivity index (χ0v) is 15.8. The van der Waals surface area contributed by atoms with Crippen LogP contribution >= 0.6 is 0 Å². The molecule has 0 unspecified atom stereocenters. The maximum absolute atomic E-state index is 12.4. The van der Waals surface area contributed by atoms with Gasteiger partial charge in [-0.1, -0.05) is 35.5 Å². The lowest BCUT2D eigenvalue weighted by Gasteiger charge is -2.44. The number of para-hydroxylation sites is 2. The first kappa shape index (κ1) is 16.1. The van der Waals surface area contributed by atoms with E-state index in [9.17, 15) is 4.79 Å². The molecule has 4 heterocycles. The number of fused-ring (bicyclic) bond motifs is 1. The number of likely N-dealkylation sites (tertiary alicyclic amines) is 1. The summed E-state index contributed by atoms with van der Waals surface area (Å²) < 4.78 is 2.09.